The van der Waals surface area contributed by atoms with Gasteiger partial charge in [-0.05, 0) is 86.5 Å². The highest BCUT2D eigenvalue weighted by Gasteiger charge is 2.61. The van der Waals surface area contributed by atoms with Gasteiger partial charge in [-0.25, -0.2) is 0 Å². The zero-order valence-corrected chi connectivity index (χ0v) is 21.7. The Labute approximate surface area is 199 Å². The topological polar surface area (TPSA) is 54.0 Å². The molecule has 3 aliphatic carbocycles. The van der Waals surface area contributed by atoms with Gasteiger partial charge in [0.15, 0.2) is 11.6 Å². The third-order valence-electron chi connectivity index (χ3n) is 8.83. The second-order valence-corrected chi connectivity index (χ2v) is 11.5. The van der Waals surface area contributed by atoms with E-state index in [2.05, 4.69) is 32.0 Å². The molecule has 5 heteroatoms. The molecule has 0 spiro atoms. The van der Waals surface area contributed by atoms with E-state index < -0.39 is 11.6 Å². The average molecular weight is 459 g/mol. The van der Waals surface area contributed by atoms with E-state index in [-0.39, 0.29) is 17.3 Å². The molecule has 4 rings (SSSR count). The number of aryl methyl sites for hydroxylation is 1. The van der Waals surface area contributed by atoms with Crippen LogP contribution in [0.1, 0.15) is 84.3 Å². The Kier molecular flexibility index (Phi) is 6.48. The molecule has 184 valence electrons. The van der Waals surface area contributed by atoms with Crippen LogP contribution >= 0.6 is 0 Å². The largest absolute Gasteiger partial charge is 0.463 e. The molecule has 6 atom stereocenters. The molecule has 2 saturated carbocycles. The van der Waals surface area contributed by atoms with Gasteiger partial charge >= 0.3 is 0 Å². The van der Waals surface area contributed by atoms with Crippen molar-refractivity contribution in [1.29, 1.82) is 0 Å². The Morgan fingerprint density at radius 3 is 2.42 bits per heavy atom. The number of Topliss-reactive ketones (excluding diaryl/α,β-unsaturated/α-hetero) is 1. The summed E-state index contributed by atoms with van der Waals surface area (Å²) < 4.78 is 23.2. The van der Waals surface area contributed by atoms with E-state index in [1.807, 2.05) is 27.7 Å². The number of fused-ring (bicyclic) bond motifs is 5. The lowest BCUT2D eigenvalue weighted by molar-refractivity contribution is -0.220. The smallest absolute Gasteiger partial charge is 0.204 e. The van der Waals surface area contributed by atoms with Gasteiger partial charge < -0.3 is 18.9 Å². The maximum atomic E-state index is 13.6. The minimum atomic E-state index is -0.751. The van der Waals surface area contributed by atoms with Crippen LogP contribution in [0.3, 0.4) is 0 Å². The number of hydrogen-bond donors (Lipinski definition) is 0. The maximum Gasteiger partial charge on any atom is 0.204 e. The fourth-order valence-electron chi connectivity index (χ4n) is 6.91. The van der Waals surface area contributed by atoms with Crippen molar-refractivity contribution in [3.8, 4) is 5.75 Å². The van der Waals surface area contributed by atoms with Gasteiger partial charge in [-0.3, -0.25) is 4.79 Å². The van der Waals surface area contributed by atoms with Gasteiger partial charge in [0.1, 0.15) is 11.9 Å². The Bertz CT molecular complexity index is 890. The zero-order valence-electron chi connectivity index (χ0n) is 21.7. The van der Waals surface area contributed by atoms with Crippen LogP contribution in [0.5, 0.6) is 5.75 Å². The zero-order chi connectivity index (χ0) is 24.2. The van der Waals surface area contributed by atoms with Crippen molar-refractivity contribution < 1.29 is 23.7 Å². The molecule has 1 aromatic carbocycles. The predicted octanol–water partition coefficient (Wildman–Crippen LogP) is 5.89. The molecule has 3 aliphatic rings. The van der Waals surface area contributed by atoms with Crippen LogP contribution in [0.4, 0.5) is 0 Å². The molecular weight excluding hydrogens is 416 g/mol. The molecule has 0 saturated heterocycles. The molecule has 0 heterocycles. The fraction of sp³-hybridized carbons (Fsp3) is 0.750. The molecule has 2 fully saturated rings. The number of carbonyl (C=O) groups excluding carboxylic acids is 1. The summed E-state index contributed by atoms with van der Waals surface area (Å²) in [5.74, 6) is 1.58. The van der Waals surface area contributed by atoms with E-state index in [1.54, 1.807) is 14.2 Å². The number of methoxy groups -OCH3 is 2. The molecule has 1 aromatic rings. The number of ketones is 1. The summed E-state index contributed by atoms with van der Waals surface area (Å²) >= 11 is 0. The van der Waals surface area contributed by atoms with Crippen LogP contribution in [-0.4, -0.2) is 37.7 Å². The minimum Gasteiger partial charge on any atom is -0.463 e. The van der Waals surface area contributed by atoms with Crippen molar-refractivity contribution in [2.45, 2.75) is 97.2 Å². The number of rotatable bonds is 7. The number of benzene rings is 1. The lowest BCUT2D eigenvalue weighted by atomic mass is 9.51. The Hall–Kier alpha value is -1.43. The van der Waals surface area contributed by atoms with Crippen molar-refractivity contribution in [1.82, 2.24) is 0 Å². The van der Waals surface area contributed by atoms with Crippen LogP contribution in [0, 0.1) is 23.2 Å². The van der Waals surface area contributed by atoms with Gasteiger partial charge in [0.25, 0.3) is 0 Å². The molecule has 5 nitrogen and oxygen atoms in total. The maximum absolute atomic E-state index is 13.6. The third-order valence-corrected chi connectivity index (χ3v) is 8.83. The quantitative estimate of drug-likeness (QED) is 0.477. The first kappa shape index (κ1) is 24.7. The average Bonchev–Trinajstić information content (AvgIpc) is 3.02. The third kappa shape index (κ3) is 4.37. The standard InChI is InChI=1S/C28H42O5/c1-9-17-16-28(6)22(15-23(25(28)29)33-27(4,5)31-8)21-12-10-18-14-19(32-26(2,3)30-7)11-13-20(18)24(17)21/h11,13-14,17,21-24H,9-10,12,15-16H2,1-8H3/t17-,21-,22-,23+,24+,28-/m0/s1. The summed E-state index contributed by atoms with van der Waals surface area (Å²) in [7, 11) is 3.31. The SMILES string of the molecule is CC[C@H]1C[C@]2(C)C(=O)[C@H](OC(C)(C)OC)C[C@H]2[C@@H]2CCc3cc(OC(C)(C)OC)ccc3[C@@H]12. The Morgan fingerprint density at radius 2 is 1.79 bits per heavy atom. The highest BCUT2D eigenvalue weighted by atomic mass is 16.7. The monoisotopic (exact) mass is 458 g/mol. The molecule has 0 aliphatic heterocycles. The van der Waals surface area contributed by atoms with E-state index in [0.29, 0.717) is 23.7 Å². The van der Waals surface area contributed by atoms with Crippen molar-refractivity contribution in [3.63, 3.8) is 0 Å². The van der Waals surface area contributed by atoms with E-state index in [0.717, 1.165) is 37.9 Å². The number of carbonyl (C=O) groups is 1. The van der Waals surface area contributed by atoms with Crippen molar-refractivity contribution in [2.24, 2.45) is 23.2 Å². The summed E-state index contributed by atoms with van der Waals surface area (Å²) in [5, 5.41) is 0. The van der Waals surface area contributed by atoms with Crippen molar-refractivity contribution in [2.75, 3.05) is 14.2 Å². The first-order chi connectivity index (χ1) is 15.4. The lowest BCUT2D eigenvalue weighted by Gasteiger charge is -2.52. The fourth-order valence-corrected chi connectivity index (χ4v) is 6.91. The van der Waals surface area contributed by atoms with Gasteiger partial charge in [-0.1, -0.05) is 26.3 Å². The highest BCUT2D eigenvalue weighted by molar-refractivity contribution is 5.91. The second-order valence-electron chi connectivity index (χ2n) is 11.5. The van der Waals surface area contributed by atoms with Gasteiger partial charge in [0.2, 0.25) is 5.79 Å². The van der Waals surface area contributed by atoms with Crippen LogP contribution < -0.4 is 4.74 Å². The Morgan fingerprint density at radius 1 is 1.09 bits per heavy atom. The molecular formula is C28H42O5. The van der Waals surface area contributed by atoms with Crippen LogP contribution in [0.25, 0.3) is 0 Å². The summed E-state index contributed by atoms with van der Waals surface area (Å²) in [6, 6.07) is 6.58. The minimum absolute atomic E-state index is 0.283. The van der Waals surface area contributed by atoms with E-state index in [1.165, 1.54) is 11.1 Å². The van der Waals surface area contributed by atoms with Crippen LogP contribution in [-0.2, 0) is 25.4 Å². The molecule has 0 radical (unpaired) electrons. The van der Waals surface area contributed by atoms with E-state index in [4.69, 9.17) is 18.9 Å². The van der Waals surface area contributed by atoms with Crippen molar-refractivity contribution in [3.05, 3.63) is 29.3 Å². The van der Waals surface area contributed by atoms with Gasteiger partial charge in [-0.2, -0.15) is 0 Å². The number of hydrogen-bond acceptors (Lipinski definition) is 5. The second kappa shape index (κ2) is 8.66. The normalized spacial score (nSPS) is 33.9. The Balaban J connectivity index is 1.64. The van der Waals surface area contributed by atoms with Crippen LogP contribution in [0.15, 0.2) is 18.2 Å². The first-order valence-electron chi connectivity index (χ1n) is 12.6. The molecule has 0 bridgehead atoms. The molecule has 0 amide bonds. The van der Waals surface area contributed by atoms with Crippen LogP contribution in [0.2, 0.25) is 0 Å². The van der Waals surface area contributed by atoms with Crippen molar-refractivity contribution >= 4 is 5.78 Å². The lowest BCUT2D eigenvalue weighted by Crippen LogP contribution is -2.47. The van der Waals surface area contributed by atoms with Gasteiger partial charge in [-0.15, -0.1) is 0 Å². The van der Waals surface area contributed by atoms with E-state index >= 15 is 0 Å². The number of ether oxygens (including phenoxy) is 4. The summed E-state index contributed by atoms with van der Waals surface area (Å²) in [6.07, 6.45) is 4.58. The molecule has 33 heavy (non-hydrogen) atoms. The summed E-state index contributed by atoms with van der Waals surface area (Å²) in [4.78, 5) is 13.6. The summed E-state index contributed by atoms with van der Waals surface area (Å²) in [6.45, 7) is 12.1. The van der Waals surface area contributed by atoms with Gasteiger partial charge in [0, 0.05) is 33.5 Å². The first-order valence-corrected chi connectivity index (χ1v) is 12.6. The molecule has 0 unspecified atom stereocenters. The van der Waals surface area contributed by atoms with E-state index in [9.17, 15) is 4.79 Å². The summed E-state index contributed by atoms with van der Waals surface area (Å²) in [5.41, 5.74) is 2.54. The highest BCUT2D eigenvalue weighted by Crippen LogP contribution is 2.62. The molecule has 0 aromatic heterocycles. The molecule has 0 N–H and O–H groups in total. The predicted molar refractivity (Wildman–Crippen MR) is 128 cm³/mol. The van der Waals surface area contributed by atoms with Gasteiger partial charge in [0.05, 0.1) is 0 Å².